The van der Waals surface area contributed by atoms with Gasteiger partial charge < -0.3 is 15.8 Å². The molecule has 9 heteroatoms. The highest BCUT2D eigenvalue weighted by Crippen LogP contribution is 2.31. The lowest BCUT2D eigenvalue weighted by Gasteiger charge is -2.33. The Morgan fingerprint density at radius 2 is 1.86 bits per heavy atom. The number of rotatable bonds is 2. The van der Waals surface area contributed by atoms with E-state index in [2.05, 4.69) is 15.0 Å². The third-order valence-electron chi connectivity index (χ3n) is 5.24. The minimum absolute atomic E-state index is 0.222. The van der Waals surface area contributed by atoms with E-state index in [1.165, 1.54) is 5.01 Å². The highest BCUT2D eigenvalue weighted by atomic mass is 16.2. The summed E-state index contributed by atoms with van der Waals surface area (Å²) in [6.07, 6.45) is 3.33. The number of hydrazine groups is 1. The lowest BCUT2D eigenvalue weighted by molar-refractivity contribution is -0.715. The highest BCUT2D eigenvalue weighted by Gasteiger charge is 2.38. The van der Waals surface area contributed by atoms with E-state index < -0.39 is 0 Å². The van der Waals surface area contributed by atoms with Crippen molar-refractivity contribution in [2.75, 3.05) is 36.1 Å². The molecule has 9 nitrogen and oxygen atoms in total. The molecule has 1 aromatic heterocycles. The second kappa shape index (κ2) is 6.50. The van der Waals surface area contributed by atoms with E-state index in [1.54, 1.807) is 17.4 Å². The fourth-order valence-electron chi connectivity index (χ4n) is 3.69. The number of fused-ring (bicyclic) bond motifs is 3. The number of benzene rings is 1. The van der Waals surface area contributed by atoms with E-state index in [9.17, 15) is 4.79 Å². The van der Waals surface area contributed by atoms with Crippen LogP contribution < -0.4 is 20.8 Å². The molecule has 1 atom stereocenters. The van der Waals surface area contributed by atoms with Gasteiger partial charge in [0.2, 0.25) is 0 Å². The third-order valence-corrected chi connectivity index (χ3v) is 5.24. The number of hydrogen-bond donors (Lipinski definition) is 2. The van der Waals surface area contributed by atoms with E-state index in [1.807, 2.05) is 36.4 Å². The first-order valence-electron chi connectivity index (χ1n) is 9.16. The number of carbonyl (C=O) groups is 1. The van der Waals surface area contributed by atoms with Gasteiger partial charge in [-0.2, -0.15) is 10.1 Å². The highest BCUT2D eigenvalue weighted by molar-refractivity contribution is 6.36. The Bertz CT molecular complexity index is 994. The molecule has 1 fully saturated rings. The van der Waals surface area contributed by atoms with Crippen LogP contribution in [0.4, 0.5) is 17.2 Å². The van der Waals surface area contributed by atoms with Crippen molar-refractivity contribution in [3.05, 3.63) is 65.8 Å². The zero-order valence-electron chi connectivity index (χ0n) is 15.2. The van der Waals surface area contributed by atoms with Gasteiger partial charge >= 0.3 is 0 Å². The van der Waals surface area contributed by atoms with Crippen molar-refractivity contribution in [1.82, 2.24) is 9.99 Å². The topological polar surface area (TPSA) is 106 Å². The van der Waals surface area contributed by atoms with Crippen LogP contribution in [0.3, 0.4) is 0 Å². The summed E-state index contributed by atoms with van der Waals surface area (Å²) in [7, 11) is 0. The molecule has 0 saturated carbocycles. The number of para-hydroxylation sites is 1. The van der Waals surface area contributed by atoms with Crippen LogP contribution in [-0.4, -0.2) is 47.8 Å². The quantitative estimate of drug-likeness (QED) is 0.729. The Labute approximate surface area is 162 Å². The summed E-state index contributed by atoms with van der Waals surface area (Å²) in [6.45, 7) is 3.12. The van der Waals surface area contributed by atoms with Crippen LogP contribution in [-0.2, 0) is 4.79 Å². The average Bonchev–Trinajstić information content (AvgIpc) is 3.06. The molecule has 1 unspecified atom stereocenters. The van der Waals surface area contributed by atoms with Crippen molar-refractivity contribution < 1.29 is 9.80 Å². The van der Waals surface area contributed by atoms with Gasteiger partial charge in [-0.3, -0.25) is 10.6 Å². The van der Waals surface area contributed by atoms with Crippen LogP contribution in [0.25, 0.3) is 5.84 Å². The average molecular weight is 376 g/mol. The van der Waals surface area contributed by atoms with Gasteiger partial charge in [0.15, 0.2) is 0 Å². The maximum atomic E-state index is 12.8. The molecular weight excluding hydrogens is 356 g/mol. The van der Waals surface area contributed by atoms with Gasteiger partial charge in [0.1, 0.15) is 29.0 Å². The number of aromatic nitrogens is 1. The molecule has 142 valence electrons. The SMILES string of the molecule is [NH-][NH+]1C=C2C(=O)N(c3ccccc3)N=C2c2cnc(N3CCN(N)CC3)cc21. The van der Waals surface area contributed by atoms with Gasteiger partial charge in [0, 0.05) is 38.4 Å². The van der Waals surface area contributed by atoms with Gasteiger partial charge in [0.25, 0.3) is 5.91 Å². The molecule has 28 heavy (non-hydrogen) atoms. The van der Waals surface area contributed by atoms with Crippen LogP contribution in [0.2, 0.25) is 0 Å². The Kier molecular flexibility index (Phi) is 3.95. The number of carbonyl (C=O) groups excluding carboxylic acids is 1. The second-order valence-corrected chi connectivity index (χ2v) is 6.98. The normalized spacial score (nSPS) is 21.9. The summed E-state index contributed by atoms with van der Waals surface area (Å²) in [5.41, 5.74) is 3.17. The Hall–Kier alpha value is -3.11. The number of nitrogens with zero attached hydrogens (tertiary/aromatic N) is 5. The van der Waals surface area contributed by atoms with Gasteiger partial charge in [-0.25, -0.2) is 9.99 Å². The van der Waals surface area contributed by atoms with Crippen LogP contribution in [0.15, 0.2) is 59.5 Å². The van der Waals surface area contributed by atoms with Crippen molar-refractivity contribution in [2.45, 2.75) is 0 Å². The molecule has 3 aliphatic rings. The van der Waals surface area contributed by atoms with Gasteiger partial charge in [-0.15, -0.1) is 0 Å². The lowest BCUT2D eigenvalue weighted by atomic mass is 10.00. The number of amides is 1. The summed E-state index contributed by atoms with van der Waals surface area (Å²) in [6, 6.07) is 11.2. The second-order valence-electron chi connectivity index (χ2n) is 6.98. The molecule has 1 amide bonds. The maximum Gasteiger partial charge on any atom is 0.286 e. The minimum atomic E-state index is -0.222. The number of quaternary nitrogens is 1. The fourth-order valence-corrected chi connectivity index (χ4v) is 3.69. The predicted molar refractivity (Wildman–Crippen MR) is 106 cm³/mol. The smallest absolute Gasteiger partial charge is 0.286 e. The predicted octanol–water partition coefficient (Wildman–Crippen LogP) is 0.209. The molecule has 0 spiro atoms. The summed E-state index contributed by atoms with van der Waals surface area (Å²) in [4.78, 5) is 19.6. The monoisotopic (exact) mass is 376 g/mol. The van der Waals surface area contributed by atoms with E-state index >= 15 is 0 Å². The van der Waals surface area contributed by atoms with Crippen molar-refractivity contribution in [3.8, 4) is 0 Å². The summed E-state index contributed by atoms with van der Waals surface area (Å²) in [5, 5.41) is 8.03. The zero-order valence-corrected chi connectivity index (χ0v) is 15.2. The van der Waals surface area contributed by atoms with E-state index in [0.29, 0.717) is 22.0 Å². The van der Waals surface area contributed by atoms with Crippen LogP contribution in [0.1, 0.15) is 5.56 Å². The molecule has 4 N–H and O–H groups in total. The molecule has 1 aromatic carbocycles. The van der Waals surface area contributed by atoms with Crippen molar-refractivity contribution >= 4 is 28.8 Å². The Balaban J connectivity index is 1.52. The third kappa shape index (κ3) is 2.69. The molecule has 0 bridgehead atoms. The molecular formula is C19H20N8O. The summed E-state index contributed by atoms with van der Waals surface area (Å²) in [5.74, 6) is 14.9. The number of hydrogen-bond acceptors (Lipinski definition) is 6. The number of hydrazone groups is 1. The molecule has 0 aliphatic carbocycles. The van der Waals surface area contributed by atoms with Crippen molar-refractivity contribution in [2.24, 2.45) is 10.9 Å². The molecule has 1 saturated heterocycles. The molecule has 5 rings (SSSR count). The maximum absolute atomic E-state index is 12.8. The first kappa shape index (κ1) is 17.0. The molecule has 2 aromatic rings. The summed E-state index contributed by atoms with van der Waals surface area (Å²) < 4.78 is 0. The number of nitrogens with one attached hydrogen (secondary N) is 2. The van der Waals surface area contributed by atoms with Gasteiger partial charge in [0.05, 0.1) is 11.3 Å². The number of nitrogens with two attached hydrogens (primary N) is 1. The van der Waals surface area contributed by atoms with Crippen molar-refractivity contribution in [1.29, 1.82) is 0 Å². The van der Waals surface area contributed by atoms with E-state index in [-0.39, 0.29) is 5.91 Å². The van der Waals surface area contributed by atoms with Crippen LogP contribution in [0, 0.1) is 0 Å². The zero-order chi connectivity index (χ0) is 19.3. The summed E-state index contributed by atoms with van der Waals surface area (Å²) >= 11 is 0. The minimum Gasteiger partial charge on any atom is -0.459 e. The molecule has 3 aliphatic heterocycles. The van der Waals surface area contributed by atoms with Crippen molar-refractivity contribution in [3.63, 3.8) is 0 Å². The fraction of sp³-hybridized carbons (Fsp3) is 0.211. The largest absolute Gasteiger partial charge is 0.459 e. The lowest BCUT2D eigenvalue weighted by Crippen LogP contribution is -2.96. The first-order valence-corrected chi connectivity index (χ1v) is 9.16. The van der Waals surface area contributed by atoms with Gasteiger partial charge in [-0.1, -0.05) is 18.2 Å². The first-order chi connectivity index (χ1) is 13.6. The van der Waals surface area contributed by atoms with E-state index in [0.717, 1.165) is 43.2 Å². The van der Waals surface area contributed by atoms with Gasteiger partial charge in [-0.05, 0) is 12.1 Å². The Morgan fingerprint density at radius 3 is 2.61 bits per heavy atom. The van der Waals surface area contributed by atoms with Crippen LogP contribution >= 0.6 is 0 Å². The van der Waals surface area contributed by atoms with Crippen LogP contribution in [0.5, 0.6) is 0 Å². The molecule has 4 heterocycles. The molecule has 0 radical (unpaired) electrons. The number of pyridine rings is 1. The number of anilines is 2. The van der Waals surface area contributed by atoms with E-state index in [4.69, 9.17) is 11.7 Å². The standard InChI is InChI=1S/C19H20N8O/c20-25-8-6-24(7-9-25)17-10-16-14(11-22-17)18-15(12-26(16)21)19(28)27(23-18)13-4-2-1-3-5-13/h1-5,10-12,21,26H,6-9,20H2. The number of piperazine rings is 1. The Morgan fingerprint density at radius 1 is 1.11 bits per heavy atom.